The van der Waals surface area contributed by atoms with Gasteiger partial charge in [-0.2, -0.15) is 0 Å². The molecule has 0 saturated carbocycles. The number of nitrogens with zero attached hydrogens (tertiary/aromatic N) is 1. The molecule has 5 N–H and O–H groups in total. The van der Waals surface area contributed by atoms with Crippen molar-refractivity contribution in [2.24, 2.45) is 5.84 Å². The van der Waals surface area contributed by atoms with E-state index in [0.717, 1.165) is 0 Å². The number of ether oxygens (including phenoxy) is 1. The number of carboxylic acid groups (broad SMARTS) is 2. The predicted octanol–water partition coefficient (Wildman–Crippen LogP) is 0.0446. The van der Waals surface area contributed by atoms with Crippen LogP contribution in [0.25, 0.3) is 0 Å². The number of anilines is 1. The van der Waals surface area contributed by atoms with E-state index < -0.39 is 16.9 Å². The second-order valence-electron chi connectivity index (χ2n) is 2.90. The molecular formula is C9H11N3O7. The molecule has 10 heteroatoms. The molecule has 104 valence electrons. The van der Waals surface area contributed by atoms with Gasteiger partial charge >= 0.3 is 17.6 Å². The SMILES string of the molecule is COc1cc(NN)ccc1[N+](=O)[O-].O=C(O)C(=O)O. The van der Waals surface area contributed by atoms with Gasteiger partial charge in [0, 0.05) is 12.1 Å². The molecule has 0 bridgehead atoms. The molecular weight excluding hydrogens is 262 g/mol. The van der Waals surface area contributed by atoms with Gasteiger partial charge in [0.2, 0.25) is 0 Å². The number of carbonyl (C=O) groups is 2. The number of hydrogen-bond donors (Lipinski definition) is 4. The molecule has 0 radical (unpaired) electrons. The Morgan fingerprint density at radius 1 is 1.37 bits per heavy atom. The van der Waals surface area contributed by atoms with Crippen LogP contribution in [0.4, 0.5) is 11.4 Å². The van der Waals surface area contributed by atoms with E-state index in [4.69, 9.17) is 30.4 Å². The summed E-state index contributed by atoms with van der Waals surface area (Å²) in [5, 5.41) is 25.2. The summed E-state index contributed by atoms with van der Waals surface area (Å²) in [5.74, 6) is 1.66. The van der Waals surface area contributed by atoms with Crippen LogP contribution in [0.3, 0.4) is 0 Å². The number of carboxylic acids is 2. The van der Waals surface area contributed by atoms with Crippen molar-refractivity contribution in [1.82, 2.24) is 0 Å². The number of aliphatic carboxylic acids is 2. The third-order valence-corrected chi connectivity index (χ3v) is 1.73. The number of hydrogen-bond acceptors (Lipinski definition) is 7. The van der Waals surface area contributed by atoms with Gasteiger partial charge < -0.3 is 20.4 Å². The number of nitro groups is 1. The molecule has 1 aromatic rings. The third kappa shape index (κ3) is 5.32. The number of nitro benzene ring substituents is 1. The Labute approximate surface area is 106 Å². The number of nitrogens with two attached hydrogens (primary N) is 1. The standard InChI is InChI=1S/C7H9N3O3.C2H2O4/c1-13-7-4-5(9-8)2-3-6(7)10(11)12;3-1(4)2(5)6/h2-4,9H,8H2,1H3;(H,3,4)(H,5,6). The Hall–Kier alpha value is -2.88. The van der Waals surface area contributed by atoms with Crippen LogP contribution in [0.5, 0.6) is 5.75 Å². The number of methoxy groups -OCH3 is 1. The van der Waals surface area contributed by atoms with Crippen molar-refractivity contribution in [2.45, 2.75) is 0 Å². The molecule has 0 saturated heterocycles. The minimum atomic E-state index is -1.82. The van der Waals surface area contributed by atoms with Crippen LogP contribution in [-0.2, 0) is 9.59 Å². The first-order chi connectivity index (χ1) is 8.83. The monoisotopic (exact) mass is 273 g/mol. The Morgan fingerprint density at radius 3 is 2.21 bits per heavy atom. The first kappa shape index (κ1) is 16.1. The van der Waals surface area contributed by atoms with E-state index in [9.17, 15) is 10.1 Å². The van der Waals surface area contributed by atoms with Crippen molar-refractivity contribution in [3.63, 3.8) is 0 Å². The lowest BCUT2D eigenvalue weighted by atomic mass is 10.2. The molecule has 1 aromatic carbocycles. The van der Waals surface area contributed by atoms with E-state index in [0.29, 0.717) is 5.69 Å². The Kier molecular flexibility index (Phi) is 6.32. The van der Waals surface area contributed by atoms with Crippen LogP contribution >= 0.6 is 0 Å². The van der Waals surface area contributed by atoms with Crippen molar-refractivity contribution in [2.75, 3.05) is 12.5 Å². The van der Waals surface area contributed by atoms with E-state index in [1.165, 1.54) is 25.3 Å². The zero-order chi connectivity index (χ0) is 15.0. The van der Waals surface area contributed by atoms with E-state index in [1.54, 1.807) is 0 Å². The van der Waals surface area contributed by atoms with E-state index in [-0.39, 0.29) is 11.4 Å². The van der Waals surface area contributed by atoms with Crippen LogP contribution in [0, 0.1) is 10.1 Å². The molecule has 0 aliphatic carbocycles. The van der Waals surface area contributed by atoms with Gasteiger partial charge in [-0.25, -0.2) is 9.59 Å². The van der Waals surface area contributed by atoms with Crippen molar-refractivity contribution in [3.8, 4) is 5.75 Å². The minimum Gasteiger partial charge on any atom is -0.490 e. The summed E-state index contributed by atoms with van der Waals surface area (Å²) in [4.78, 5) is 28.1. The van der Waals surface area contributed by atoms with Gasteiger partial charge in [0.05, 0.1) is 17.7 Å². The van der Waals surface area contributed by atoms with Crippen LogP contribution in [0.2, 0.25) is 0 Å². The van der Waals surface area contributed by atoms with E-state index in [1.807, 2.05) is 0 Å². The van der Waals surface area contributed by atoms with Crippen molar-refractivity contribution < 1.29 is 29.5 Å². The highest BCUT2D eigenvalue weighted by Gasteiger charge is 2.13. The van der Waals surface area contributed by atoms with Crippen LogP contribution in [0.15, 0.2) is 18.2 Å². The zero-order valence-electron chi connectivity index (χ0n) is 9.69. The van der Waals surface area contributed by atoms with E-state index in [2.05, 4.69) is 5.43 Å². The number of benzene rings is 1. The molecule has 10 nitrogen and oxygen atoms in total. The Balaban J connectivity index is 0.000000459. The molecule has 0 aliphatic heterocycles. The van der Waals surface area contributed by atoms with Gasteiger partial charge in [-0.3, -0.25) is 16.0 Å². The summed E-state index contributed by atoms with van der Waals surface area (Å²) in [6.07, 6.45) is 0. The normalized spacial score (nSPS) is 8.74. The van der Waals surface area contributed by atoms with Gasteiger partial charge in [0.25, 0.3) is 0 Å². The topological polar surface area (TPSA) is 165 Å². The lowest BCUT2D eigenvalue weighted by Gasteiger charge is -2.03. The summed E-state index contributed by atoms with van der Waals surface area (Å²) in [7, 11) is 1.36. The summed E-state index contributed by atoms with van der Waals surface area (Å²) in [6.45, 7) is 0. The highest BCUT2D eigenvalue weighted by atomic mass is 16.6. The Morgan fingerprint density at radius 2 is 1.89 bits per heavy atom. The molecule has 0 aliphatic rings. The number of hydrazine groups is 1. The number of nitrogen functional groups attached to an aromatic ring is 1. The molecule has 0 atom stereocenters. The molecule has 1 rings (SSSR count). The van der Waals surface area contributed by atoms with Crippen molar-refractivity contribution in [3.05, 3.63) is 28.3 Å². The Bertz CT molecular complexity index is 477. The fourth-order valence-electron chi connectivity index (χ4n) is 0.918. The maximum atomic E-state index is 10.5. The second-order valence-corrected chi connectivity index (χ2v) is 2.90. The molecule has 0 amide bonds. The highest BCUT2D eigenvalue weighted by molar-refractivity contribution is 6.27. The molecule has 0 fully saturated rings. The van der Waals surface area contributed by atoms with Gasteiger partial charge in [-0.15, -0.1) is 0 Å². The molecule has 0 spiro atoms. The molecule has 0 heterocycles. The first-order valence-corrected chi connectivity index (χ1v) is 4.58. The quantitative estimate of drug-likeness (QED) is 0.257. The maximum Gasteiger partial charge on any atom is 0.414 e. The first-order valence-electron chi connectivity index (χ1n) is 4.58. The van der Waals surface area contributed by atoms with Crippen LogP contribution in [-0.4, -0.2) is 34.2 Å². The molecule has 19 heavy (non-hydrogen) atoms. The summed E-state index contributed by atoms with van der Waals surface area (Å²) in [6, 6.07) is 4.28. The minimum absolute atomic E-state index is 0.0819. The summed E-state index contributed by atoms with van der Waals surface area (Å²) >= 11 is 0. The van der Waals surface area contributed by atoms with Gasteiger partial charge in [0.1, 0.15) is 0 Å². The number of rotatable bonds is 3. The smallest absolute Gasteiger partial charge is 0.414 e. The summed E-state index contributed by atoms with van der Waals surface area (Å²) < 4.78 is 4.81. The van der Waals surface area contributed by atoms with Gasteiger partial charge in [0.15, 0.2) is 5.75 Å². The third-order valence-electron chi connectivity index (χ3n) is 1.73. The van der Waals surface area contributed by atoms with Crippen molar-refractivity contribution in [1.29, 1.82) is 0 Å². The molecule has 0 aromatic heterocycles. The second kappa shape index (κ2) is 7.45. The molecule has 0 unspecified atom stereocenters. The lowest BCUT2D eigenvalue weighted by molar-refractivity contribution is -0.385. The predicted molar refractivity (Wildman–Crippen MR) is 62.7 cm³/mol. The summed E-state index contributed by atoms with van der Waals surface area (Å²) in [5.41, 5.74) is 2.84. The fourth-order valence-corrected chi connectivity index (χ4v) is 0.918. The highest BCUT2D eigenvalue weighted by Crippen LogP contribution is 2.28. The zero-order valence-corrected chi connectivity index (χ0v) is 9.69. The van der Waals surface area contributed by atoms with Crippen molar-refractivity contribution >= 4 is 23.3 Å². The maximum absolute atomic E-state index is 10.5. The average molecular weight is 273 g/mol. The van der Waals surface area contributed by atoms with Crippen LogP contribution < -0.4 is 16.0 Å². The van der Waals surface area contributed by atoms with Crippen LogP contribution in [0.1, 0.15) is 0 Å². The largest absolute Gasteiger partial charge is 0.490 e. The van der Waals surface area contributed by atoms with Gasteiger partial charge in [-0.05, 0) is 6.07 Å². The number of nitrogens with one attached hydrogen (secondary N) is 1. The lowest BCUT2D eigenvalue weighted by Crippen LogP contribution is -2.09. The van der Waals surface area contributed by atoms with E-state index >= 15 is 0 Å². The average Bonchev–Trinajstić information content (AvgIpc) is 2.38. The fraction of sp³-hybridized carbons (Fsp3) is 0.111. The van der Waals surface area contributed by atoms with Gasteiger partial charge in [-0.1, -0.05) is 0 Å².